The summed E-state index contributed by atoms with van der Waals surface area (Å²) in [6.07, 6.45) is 2.00. The number of allylic oxidation sites excluding steroid dienone is 1. The molecule has 0 aliphatic heterocycles. The zero-order valence-electron chi connectivity index (χ0n) is 7.74. The second-order valence-electron chi connectivity index (χ2n) is 1.74. The molecule has 0 saturated heterocycles. The molecule has 0 aromatic heterocycles. The second-order valence-corrected chi connectivity index (χ2v) is 1.74. The van der Waals surface area contributed by atoms with Crippen molar-refractivity contribution in [3.8, 4) is 0 Å². The summed E-state index contributed by atoms with van der Waals surface area (Å²) in [6.45, 7) is 12.6. The normalized spacial score (nSPS) is 7.60. The van der Waals surface area contributed by atoms with Gasteiger partial charge >= 0.3 is 0 Å². The average molecular weight is 144 g/mol. The molecule has 1 heteroatoms. The summed E-state index contributed by atoms with van der Waals surface area (Å²) in [5.74, 6) is 0.895. The van der Waals surface area contributed by atoms with Gasteiger partial charge in [0.25, 0.3) is 0 Å². The van der Waals surface area contributed by atoms with Crippen LogP contribution in [0.2, 0.25) is 0 Å². The highest BCUT2D eigenvalue weighted by Crippen LogP contribution is 1.97. The molecule has 0 amide bonds. The lowest BCUT2D eigenvalue weighted by Gasteiger charge is -2.02. The Kier molecular flexibility index (Phi) is 13.9. The zero-order valence-corrected chi connectivity index (χ0v) is 7.74. The topological polar surface area (TPSA) is 9.23 Å². The van der Waals surface area contributed by atoms with E-state index in [1.807, 2.05) is 20.8 Å². The van der Waals surface area contributed by atoms with E-state index < -0.39 is 0 Å². The fourth-order valence-corrected chi connectivity index (χ4v) is 0.348. The molecular formula is C9H20O. The maximum atomic E-state index is 5.15. The first-order valence-corrected chi connectivity index (χ1v) is 4.11. The molecule has 0 atom stereocenters. The molecule has 62 valence electrons. The van der Waals surface area contributed by atoms with Crippen LogP contribution in [0.25, 0.3) is 0 Å². The summed E-state index contributed by atoms with van der Waals surface area (Å²) in [5, 5.41) is 0. The Morgan fingerprint density at radius 3 is 2.10 bits per heavy atom. The zero-order chi connectivity index (χ0) is 8.41. The van der Waals surface area contributed by atoms with E-state index in [2.05, 4.69) is 13.5 Å². The highest BCUT2D eigenvalue weighted by Gasteiger charge is 1.85. The second kappa shape index (κ2) is 11.4. The molecule has 10 heavy (non-hydrogen) atoms. The Hall–Kier alpha value is -0.460. The van der Waals surface area contributed by atoms with Crippen LogP contribution in [-0.4, -0.2) is 6.61 Å². The maximum Gasteiger partial charge on any atom is 0.0885 e. The highest BCUT2D eigenvalue weighted by atomic mass is 16.5. The summed E-state index contributed by atoms with van der Waals surface area (Å²) in [7, 11) is 0. The van der Waals surface area contributed by atoms with E-state index >= 15 is 0 Å². The lowest BCUT2D eigenvalue weighted by Crippen LogP contribution is -1.89. The minimum atomic E-state index is 0.812. The van der Waals surface area contributed by atoms with E-state index in [4.69, 9.17) is 4.74 Å². The van der Waals surface area contributed by atoms with Gasteiger partial charge < -0.3 is 4.74 Å². The van der Waals surface area contributed by atoms with Crippen LogP contribution in [0.15, 0.2) is 12.3 Å². The van der Waals surface area contributed by atoms with E-state index in [0.717, 1.165) is 25.2 Å². The van der Waals surface area contributed by atoms with Gasteiger partial charge in [-0.2, -0.15) is 0 Å². The monoisotopic (exact) mass is 144 g/mol. The summed E-state index contributed by atoms with van der Waals surface area (Å²) < 4.78 is 5.15. The number of ether oxygens (including phenoxy) is 1. The first-order valence-electron chi connectivity index (χ1n) is 4.11. The minimum Gasteiger partial charge on any atom is -0.499 e. The molecule has 0 aromatic rings. The Morgan fingerprint density at radius 2 is 1.80 bits per heavy atom. The summed E-state index contributed by atoms with van der Waals surface area (Å²) in [6, 6.07) is 0. The van der Waals surface area contributed by atoms with Crippen LogP contribution in [0.3, 0.4) is 0 Å². The maximum absolute atomic E-state index is 5.15. The first-order chi connectivity index (χ1) is 4.81. The van der Waals surface area contributed by atoms with Crippen molar-refractivity contribution in [1.29, 1.82) is 0 Å². The quantitative estimate of drug-likeness (QED) is 0.550. The van der Waals surface area contributed by atoms with Gasteiger partial charge in [0.05, 0.1) is 12.4 Å². The lowest BCUT2D eigenvalue weighted by molar-refractivity contribution is 0.206. The minimum absolute atomic E-state index is 0.812. The van der Waals surface area contributed by atoms with Crippen molar-refractivity contribution < 1.29 is 4.74 Å². The van der Waals surface area contributed by atoms with Crippen molar-refractivity contribution in [3.63, 3.8) is 0 Å². The molecule has 0 bridgehead atoms. The molecular weight excluding hydrogens is 124 g/mol. The fourth-order valence-electron chi connectivity index (χ4n) is 0.348. The third-order valence-corrected chi connectivity index (χ3v) is 0.905. The van der Waals surface area contributed by atoms with Crippen LogP contribution in [0, 0.1) is 0 Å². The highest BCUT2D eigenvalue weighted by molar-refractivity contribution is 4.78. The van der Waals surface area contributed by atoms with Crippen molar-refractivity contribution in [3.05, 3.63) is 12.3 Å². The van der Waals surface area contributed by atoms with Crippen LogP contribution < -0.4 is 0 Å². The van der Waals surface area contributed by atoms with Crippen molar-refractivity contribution in [2.45, 2.75) is 40.5 Å². The molecule has 0 fully saturated rings. The lowest BCUT2D eigenvalue weighted by atomic mass is 10.4. The number of hydrogen-bond donors (Lipinski definition) is 0. The van der Waals surface area contributed by atoms with Gasteiger partial charge in [-0.25, -0.2) is 0 Å². The third-order valence-electron chi connectivity index (χ3n) is 0.905. The van der Waals surface area contributed by atoms with E-state index in [9.17, 15) is 0 Å². The van der Waals surface area contributed by atoms with Gasteiger partial charge in [0.15, 0.2) is 0 Å². The molecule has 0 aliphatic rings. The van der Waals surface area contributed by atoms with Crippen molar-refractivity contribution in [2.75, 3.05) is 6.61 Å². The largest absolute Gasteiger partial charge is 0.499 e. The van der Waals surface area contributed by atoms with Gasteiger partial charge in [0.2, 0.25) is 0 Å². The van der Waals surface area contributed by atoms with Gasteiger partial charge in [-0.15, -0.1) is 0 Å². The van der Waals surface area contributed by atoms with Crippen molar-refractivity contribution in [2.24, 2.45) is 0 Å². The summed E-state index contributed by atoms with van der Waals surface area (Å²) in [5.41, 5.74) is 0. The van der Waals surface area contributed by atoms with Gasteiger partial charge in [0, 0.05) is 6.42 Å². The average Bonchev–Trinajstić information content (AvgIpc) is 2.04. The van der Waals surface area contributed by atoms with E-state index in [-0.39, 0.29) is 0 Å². The molecule has 0 aromatic carbocycles. The summed E-state index contributed by atoms with van der Waals surface area (Å²) >= 11 is 0. The molecule has 0 spiro atoms. The Bertz CT molecular complexity index is 67.1. The van der Waals surface area contributed by atoms with Crippen molar-refractivity contribution >= 4 is 0 Å². The Balaban J connectivity index is 0. The van der Waals surface area contributed by atoms with Gasteiger partial charge in [-0.1, -0.05) is 34.3 Å². The third kappa shape index (κ3) is 10.5. The van der Waals surface area contributed by atoms with Crippen LogP contribution >= 0.6 is 0 Å². The van der Waals surface area contributed by atoms with Crippen LogP contribution in [0.1, 0.15) is 40.5 Å². The number of hydrogen-bond acceptors (Lipinski definition) is 1. The predicted molar refractivity (Wildman–Crippen MR) is 47.0 cm³/mol. The predicted octanol–water partition coefficient (Wildman–Crippen LogP) is 3.36. The van der Waals surface area contributed by atoms with Gasteiger partial charge in [-0.05, 0) is 6.42 Å². The van der Waals surface area contributed by atoms with Crippen LogP contribution in [0.5, 0.6) is 0 Å². The molecule has 0 unspecified atom stereocenters. The molecule has 0 saturated carbocycles. The first kappa shape index (κ1) is 12.2. The Morgan fingerprint density at radius 1 is 1.30 bits per heavy atom. The standard InChI is InChI=1S/C7H14O.C2H6/c1-4-6-8-7(3)5-2;1-2/h3-6H2,1-2H3;1-2H3. The van der Waals surface area contributed by atoms with E-state index in [1.54, 1.807) is 0 Å². The molecule has 0 aliphatic carbocycles. The molecule has 1 nitrogen and oxygen atoms in total. The molecule has 0 N–H and O–H groups in total. The molecule has 0 radical (unpaired) electrons. The smallest absolute Gasteiger partial charge is 0.0885 e. The van der Waals surface area contributed by atoms with Crippen LogP contribution in [0.4, 0.5) is 0 Å². The SMILES string of the molecule is C=C(CC)OCCC.CC. The Labute approximate surface area is 65.1 Å². The van der Waals surface area contributed by atoms with Gasteiger partial charge in [0.1, 0.15) is 0 Å². The summed E-state index contributed by atoms with van der Waals surface area (Å²) in [4.78, 5) is 0. The van der Waals surface area contributed by atoms with Crippen LogP contribution in [-0.2, 0) is 4.74 Å². The van der Waals surface area contributed by atoms with Crippen molar-refractivity contribution in [1.82, 2.24) is 0 Å². The van der Waals surface area contributed by atoms with E-state index in [0.29, 0.717) is 0 Å². The van der Waals surface area contributed by atoms with Gasteiger partial charge in [-0.3, -0.25) is 0 Å². The van der Waals surface area contributed by atoms with E-state index in [1.165, 1.54) is 0 Å². The molecule has 0 rings (SSSR count). The molecule has 0 heterocycles. The fraction of sp³-hybridized carbons (Fsp3) is 0.778. The number of rotatable bonds is 4.